The van der Waals surface area contributed by atoms with Crippen LogP contribution in [0.1, 0.15) is 38.2 Å². The molecule has 2 aromatic carbocycles. The standard InChI is InChI=1S/C22H28Cl2N2O4S/c1-16(2)18-7-4-5-8-21(18)30-14-12-25-22(27)9-6-13-26(31(3,28)29)17-10-11-19(23)20(24)15-17/h4-5,7-8,10-11,15-16H,6,9,12-14H2,1-3H3,(H,25,27). The van der Waals surface area contributed by atoms with Gasteiger partial charge in [0, 0.05) is 13.0 Å². The smallest absolute Gasteiger partial charge is 0.232 e. The first-order valence-corrected chi connectivity index (χ1v) is 12.6. The minimum absolute atomic E-state index is 0.155. The normalized spacial score (nSPS) is 11.4. The second-order valence-corrected chi connectivity index (χ2v) is 10.1. The van der Waals surface area contributed by atoms with Gasteiger partial charge in [-0.15, -0.1) is 0 Å². The quantitative estimate of drug-likeness (QED) is 0.460. The molecule has 9 heteroatoms. The Bertz CT molecular complexity index is 997. The Morgan fingerprint density at radius 1 is 1.13 bits per heavy atom. The Labute approximate surface area is 194 Å². The maximum absolute atomic E-state index is 12.2. The van der Waals surface area contributed by atoms with Crippen molar-refractivity contribution in [3.8, 4) is 5.75 Å². The summed E-state index contributed by atoms with van der Waals surface area (Å²) in [6, 6.07) is 12.5. The molecule has 0 unspecified atom stereocenters. The van der Waals surface area contributed by atoms with Gasteiger partial charge in [0.1, 0.15) is 12.4 Å². The van der Waals surface area contributed by atoms with E-state index in [-0.39, 0.29) is 23.9 Å². The van der Waals surface area contributed by atoms with Crippen LogP contribution < -0.4 is 14.4 Å². The zero-order valence-corrected chi connectivity index (χ0v) is 20.2. The molecule has 0 radical (unpaired) electrons. The van der Waals surface area contributed by atoms with Crippen molar-refractivity contribution in [1.82, 2.24) is 5.32 Å². The van der Waals surface area contributed by atoms with E-state index in [1.807, 2.05) is 24.3 Å². The monoisotopic (exact) mass is 486 g/mol. The summed E-state index contributed by atoms with van der Waals surface area (Å²) in [5.41, 5.74) is 1.53. The number of hydrogen-bond acceptors (Lipinski definition) is 4. The number of carbonyl (C=O) groups excluding carboxylic acids is 1. The fourth-order valence-electron chi connectivity index (χ4n) is 3.04. The lowest BCUT2D eigenvalue weighted by molar-refractivity contribution is -0.121. The highest BCUT2D eigenvalue weighted by Crippen LogP contribution is 2.28. The molecule has 170 valence electrons. The Hall–Kier alpha value is -1.96. The molecule has 0 spiro atoms. The first kappa shape index (κ1) is 25.3. The first-order valence-electron chi connectivity index (χ1n) is 10.0. The van der Waals surface area contributed by atoms with Crippen LogP contribution in [0.3, 0.4) is 0 Å². The van der Waals surface area contributed by atoms with E-state index in [2.05, 4.69) is 19.2 Å². The Morgan fingerprint density at radius 2 is 1.84 bits per heavy atom. The molecule has 0 aromatic heterocycles. The molecule has 0 aliphatic carbocycles. The van der Waals surface area contributed by atoms with Gasteiger partial charge in [-0.3, -0.25) is 9.10 Å². The van der Waals surface area contributed by atoms with Crippen molar-refractivity contribution >= 4 is 44.8 Å². The van der Waals surface area contributed by atoms with Crippen molar-refractivity contribution in [2.45, 2.75) is 32.6 Å². The van der Waals surface area contributed by atoms with Crippen molar-refractivity contribution < 1.29 is 17.9 Å². The number of sulfonamides is 1. The van der Waals surface area contributed by atoms with Crippen molar-refractivity contribution in [1.29, 1.82) is 0 Å². The van der Waals surface area contributed by atoms with Crippen LogP contribution in [0.15, 0.2) is 42.5 Å². The van der Waals surface area contributed by atoms with Gasteiger partial charge in [0.25, 0.3) is 0 Å². The van der Waals surface area contributed by atoms with E-state index >= 15 is 0 Å². The summed E-state index contributed by atoms with van der Waals surface area (Å²) in [7, 11) is -3.53. The molecule has 2 rings (SSSR count). The number of nitrogens with one attached hydrogen (secondary N) is 1. The minimum Gasteiger partial charge on any atom is -0.491 e. The van der Waals surface area contributed by atoms with E-state index in [1.165, 1.54) is 10.4 Å². The molecule has 0 aliphatic rings. The SMILES string of the molecule is CC(C)c1ccccc1OCCNC(=O)CCCN(c1ccc(Cl)c(Cl)c1)S(C)(=O)=O. The number of ether oxygens (including phenoxy) is 1. The van der Waals surface area contributed by atoms with Gasteiger partial charge in [0.2, 0.25) is 15.9 Å². The molecular weight excluding hydrogens is 459 g/mol. The van der Waals surface area contributed by atoms with E-state index in [4.69, 9.17) is 27.9 Å². The molecule has 0 saturated carbocycles. The van der Waals surface area contributed by atoms with Crippen molar-refractivity contribution in [2.75, 3.05) is 30.3 Å². The number of carbonyl (C=O) groups is 1. The number of benzene rings is 2. The van der Waals surface area contributed by atoms with Crippen LogP contribution in [-0.4, -0.2) is 40.3 Å². The van der Waals surface area contributed by atoms with Gasteiger partial charge >= 0.3 is 0 Å². The van der Waals surface area contributed by atoms with E-state index in [9.17, 15) is 13.2 Å². The van der Waals surface area contributed by atoms with Crippen molar-refractivity contribution in [3.63, 3.8) is 0 Å². The number of halogens is 2. The van der Waals surface area contributed by atoms with Gasteiger partial charge in [0.15, 0.2) is 0 Å². The second-order valence-electron chi connectivity index (χ2n) is 7.43. The molecule has 0 fully saturated rings. The van der Waals surface area contributed by atoms with E-state index in [1.54, 1.807) is 12.1 Å². The summed E-state index contributed by atoms with van der Waals surface area (Å²) in [5.74, 6) is 1.000. The predicted molar refractivity (Wildman–Crippen MR) is 127 cm³/mol. The average Bonchev–Trinajstić information content (AvgIpc) is 2.70. The van der Waals surface area contributed by atoms with Gasteiger partial charge in [0.05, 0.1) is 28.5 Å². The summed E-state index contributed by atoms with van der Waals surface area (Å²) >= 11 is 11.9. The fraction of sp³-hybridized carbons (Fsp3) is 0.409. The molecule has 0 heterocycles. The molecule has 0 aliphatic heterocycles. The fourth-order valence-corrected chi connectivity index (χ4v) is 4.29. The first-order chi connectivity index (χ1) is 14.6. The predicted octanol–water partition coefficient (Wildman–Crippen LogP) is 4.86. The van der Waals surface area contributed by atoms with Gasteiger partial charge in [-0.2, -0.15) is 0 Å². The van der Waals surface area contributed by atoms with Crippen molar-refractivity contribution in [2.24, 2.45) is 0 Å². The third-order valence-corrected chi connectivity index (χ3v) is 6.51. The number of nitrogens with zero attached hydrogens (tertiary/aromatic N) is 1. The number of rotatable bonds is 11. The minimum atomic E-state index is -3.53. The van der Waals surface area contributed by atoms with E-state index in [0.29, 0.717) is 36.2 Å². The lowest BCUT2D eigenvalue weighted by Crippen LogP contribution is -2.33. The number of hydrogen-bond donors (Lipinski definition) is 1. The van der Waals surface area contributed by atoms with Crippen LogP contribution >= 0.6 is 23.2 Å². The van der Waals surface area contributed by atoms with Gasteiger partial charge < -0.3 is 10.1 Å². The van der Waals surface area contributed by atoms with Crippen molar-refractivity contribution in [3.05, 3.63) is 58.1 Å². The molecule has 0 bridgehead atoms. The maximum atomic E-state index is 12.2. The van der Waals surface area contributed by atoms with Gasteiger partial charge in [-0.25, -0.2) is 8.42 Å². The van der Waals surface area contributed by atoms with Crippen LogP contribution in [0.4, 0.5) is 5.69 Å². The second kappa shape index (κ2) is 11.6. The Balaban J connectivity index is 1.80. The van der Waals surface area contributed by atoms with Gasteiger partial charge in [-0.1, -0.05) is 55.2 Å². The molecule has 2 aromatic rings. The Kier molecular flexibility index (Phi) is 9.47. The van der Waals surface area contributed by atoms with Crippen LogP contribution in [0.25, 0.3) is 0 Å². The average molecular weight is 487 g/mol. The maximum Gasteiger partial charge on any atom is 0.232 e. The molecule has 1 N–H and O–H groups in total. The highest BCUT2D eigenvalue weighted by molar-refractivity contribution is 7.92. The van der Waals surface area contributed by atoms with Crippen LogP contribution in [0, 0.1) is 0 Å². The molecular formula is C22H28Cl2N2O4S. The molecule has 31 heavy (non-hydrogen) atoms. The highest BCUT2D eigenvalue weighted by Gasteiger charge is 2.18. The van der Waals surface area contributed by atoms with E-state index in [0.717, 1.165) is 17.6 Å². The zero-order valence-electron chi connectivity index (χ0n) is 17.9. The summed E-state index contributed by atoms with van der Waals surface area (Å²) in [4.78, 5) is 12.1. The van der Waals surface area contributed by atoms with Crippen LogP contribution in [0.5, 0.6) is 5.75 Å². The zero-order chi connectivity index (χ0) is 23.0. The number of amides is 1. The summed E-state index contributed by atoms with van der Waals surface area (Å²) < 4.78 is 31.3. The molecule has 0 atom stereocenters. The molecule has 1 amide bonds. The third kappa shape index (κ3) is 7.91. The highest BCUT2D eigenvalue weighted by atomic mass is 35.5. The molecule has 6 nitrogen and oxygen atoms in total. The number of anilines is 1. The lowest BCUT2D eigenvalue weighted by atomic mass is 10.0. The van der Waals surface area contributed by atoms with Crippen LogP contribution in [0.2, 0.25) is 10.0 Å². The number of para-hydroxylation sites is 1. The summed E-state index contributed by atoms with van der Waals surface area (Å²) in [6.07, 6.45) is 1.66. The third-order valence-electron chi connectivity index (χ3n) is 4.58. The Morgan fingerprint density at radius 3 is 2.48 bits per heavy atom. The lowest BCUT2D eigenvalue weighted by Gasteiger charge is -2.22. The largest absolute Gasteiger partial charge is 0.491 e. The summed E-state index contributed by atoms with van der Waals surface area (Å²) in [6.45, 7) is 5.08. The van der Waals surface area contributed by atoms with Crippen LogP contribution in [-0.2, 0) is 14.8 Å². The van der Waals surface area contributed by atoms with Gasteiger partial charge in [-0.05, 0) is 42.2 Å². The molecule has 0 saturated heterocycles. The summed E-state index contributed by atoms with van der Waals surface area (Å²) in [5, 5.41) is 3.41. The van der Waals surface area contributed by atoms with E-state index < -0.39 is 10.0 Å². The topological polar surface area (TPSA) is 75.7 Å².